The van der Waals surface area contributed by atoms with E-state index < -0.39 is 0 Å². The van der Waals surface area contributed by atoms with Gasteiger partial charge in [-0.3, -0.25) is 0 Å². The lowest BCUT2D eigenvalue weighted by molar-refractivity contribution is 0.170. The molecule has 1 heteroatoms. The maximum absolute atomic E-state index is 3.51. The van der Waals surface area contributed by atoms with Crippen LogP contribution in [0.4, 0.5) is 0 Å². The zero-order valence-corrected chi connectivity index (χ0v) is 9.76. The topological polar surface area (TPSA) is 12.0 Å². The van der Waals surface area contributed by atoms with Crippen molar-refractivity contribution in [2.45, 2.75) is 46.0 Å². The summed E-state index contributed by atoms with van der Waals surface area (Å²) in [7, 11) is 0. The minimum Gasteiger partial charge on any atom is -0.316 e. The Bertz CT molecular complexity index is 170. The van der Waals surface area contributed by atoms with Crippen LogP contribution in [0.15, 0.2) is 0 Å². The highest BCUT2D eigenvalue weighted by Gasteiger charge is 2.30. The van der Waals surface area contributed by atoms with Crippen molar-refractivity contribution in [2.75, 3.05) is 13.1 Å². The van der Waals surface area contributed by atoms with Crippen LogP contribution in [0.2, 0.25) is 0 Å². The van der Waals surface area contributed by atoms with E-state index in [1.165, 1.54) is 45.2 Å². The quantitative estimate of drug-likeness (QED) is 0.714. The summed E-state index contributed by atoms with van der Waals surface area (Å²) in [6.45, 7) is 7.38. The van der Waals surface area contributed by atoms with Crippen LogP contribution in [-0.4, -0.2) is 13.1 Å². The summed E-state index contributed by atoms with van der Waals surface area (Å²) < 4.78 is 0. The smallest absolute Gasteiger partial charge is 0.00174 e. The lowest BCUT2D eigenvalue weighted by Crippen LogP contribution is -2.26. The average Bonchev–Trinajstić information content (AvgIpc) is 2.71. The van der Waals surface area contributed by atoms with Crippen LogP contribution < -0.4 is 5.32 Å². The van der Waals surface area contributed by atoms with Gasteiger partial charge in [-0.15, -0.1) is 0 Å². The first-order valence-corrected chi connectivity index (χ1v) is 6.48. The number of rotatable bonds is 2. The molecule has 1 heterocycles. The van der Waals surface area contributed by atoms with Crippen LogP contribution >= 0.6 is 0 Å². The van der Waals surface area contributed by atoms with Gasteiger partial charge in [-0.1, -0.05) is 33.1 Å². The molecule has 0 amide bonds. The van der Waals surface area contributed by atoms with Gasteiger partial charge in [-0.05, 0) is 49.6 Å². The molecule has 1 nitrogen and oxygen atoms in total. The lowest BCUT2D eigenvalue weighted by atomic mass is 9.71. The minimum atomic E-state index is 0.909. The largest absolute Gasteiger partial charge is 0.316 e. The predicted molar refractivity (Wildman–Crippen MR) is 61.3 cm³/mol. The molecule has 82 valence electrons. The second-order valence-electron chi connectivity index (χ2n) is 5.68. The second kappa shape index (κ2) is 4.65. The first-order valence-electron chi connectivity index (χ1n) is 6.48. The Balaban J connectivity index is 1.86. The summed E-state index contributed by atoms with van der Waals surface area (Å²) >= 11 is 0. The second-order valence-corrected chi connectivity index (χ2v) is 5.68. The maximum atomic E-state index is 3.51. The molecular weight excluding hydrogens is 170 g/mol. The Morgan fingerprint density at radius 3 is 2.57 bits per heavy atom. The van der Waals surface area contributed by atoms with Crippen LogP contribution in [0.5, 0.6) is 0 Å². The summed E-state index contributed by atoms with van der Waals surface area (Å²) in [5.41, 5.74) is 0. The van der Waals surface area contributed by atoms with Crippen molar-refractivity contribution >= 4 is 0 Å². The van der Waals surface area contributed by atoms with E-state index in [2.05, 4.69) is 19.2 Å². The third-order valence-corrected chi connectivity index (χ3v) is 4.46. The molecule has 3 atom stereocenters. The van der Waals surface area contributed by atoms with E-state index in [9.17, 15) is 0 Å². The van der Waals surface area contributed by atoms with Crippen LogP contribution in [0, 0.1) is 23.7 Å². The molecule has 3 unspecified atom stereocenters. The normalized spacial score (nSPS) is 39.2. The molecule has 2 rings (SSSR count). The van der Waals surface area contributed by atoms with Gasteiger partial charge in [0, 0.05) is 0 Å². The summed E-state index contributed by atoms with van der Waals surface area (Å²) in [6.07, 6.45) is 7.45. The number of hydrogen-bond donors (Lipinski definition) is 1. The van der Waals surface area contributed by atoms with Crippen LogP contribution in [0.25, 0.3) is 0 Å². The van der Waals surface area contributed by atoms with E-state index in [4.69, 9.17) is 0 Å². The van der Waals surface area contributed by atoms with Gasteiger partial charge in [0.1, 0.15) is 0 Å². The molecule has 1 saturated carbocycles. The van der Waals surface area contributed by atoms with Crippen molar-refractivity contribution in [1.29, 1.82) is 0 Å². The van der Waals surface area contributed by atoms with Gasteiger partial charge in [0.25, 0.3) is 0 Å². The van der Waals surface area contributed by atoms with Crippen molar-refractivity contribution < 1.29 is 0 Å². The van der Waals surface area contributed by atoms with E-state index in [-0.39, 0.29) is 0 Å². The fourth-order valence-corrected chi connectivity index (χ4v) is 3.38. The Hall–Kier alpha value is -0.0400. The highest BCUT2D eigenvalue weighted by Crippen LogP contribution is 2.38. The Morgan fingerprint density at radius 1 is 1.07 bits per heavy atom. The summed E-state index contributed by atoms with van der Waals surface area (Å²) in [5, 5.41) is 3.51. The fraction of sp³-hybridized carbons (Fsp3) is 1.00. The highest BCUT2D eigenvalue weighted by molar-refractivity contribution is 4.83. The minimum absolute atomic E-state index is 0.909. The molecule has 2 aliphatic rings. The standard InChI is InChI=1S/C13H25N/c1-10(2)11-4-3-5-12(8-11)13-6-7-14-9-13/h10-14H,3-9H2,1-2H3. The van der Waals surface area contributed by atoms with Crippen molar-refractivity contribution in [3.8, 4) is 0 Å². The molecule has 1 aliphatic heterocycles. The predicted octanol–water partition coefficient (Wildman–Crippen LogP) is 3.06. The third kappa shape index (κ3) is 2.31. The maximum Gasteiger partial charge on any atom is -0.00174 e. The monoisotopic (exact) mass is 195 g/mol. The molecule has 0 aromatic rings. The Kier molecular flexibility index (Phi) is 3.48. The van der Waals surface area contributed by atoms with Crippen molar-refractivity contribution in [3.63, 3.8) is 0 Å². The molecule has 1 N–H and O–H groups in total. The SMILES string of the molecule is CC(C)C1CCCC(C2CCNC2)C1. The molecule has 0 radical (unpaired) electrons. The summed E-state index contributed by atoms with van der Waals surface area (Å²) in [6, 6.07) is 0. The molecular formula is C13H25N. The van der Waals surface area contributed by atoms with Crippen molar-refractivity contribution in [2.24, 2.45) is 23.7 Å². The van der Waals surface area contributed by atoms with E-state index in [1.807, 2.05) is 0 Å². The van der Waals surface area contributed by atoms with Gasteiger partial charge in [0.15, 0.2) is 0 Å². The third-order valence-electron chi connectivity index (χ3n) is 4.46. The molecule has 0 bridgehead atoms. The molecule has 1 aliphatic carbocycles. The zero-order valence-electron chi connectivity index (χ0n) is 9.76. The van der Waals surface area contributed by atoms with E-state index >= 15 is 0 Å². The van der Waals surface area contributed by atoms with E-state index in [0.29, 0.717) is 0 Å². The van der Waals surface area contributed by atoms with Gasteiger partial charge in [-0.2, -0.15) is 0 Å². The van der Waals surface area contributed by atoms with Gasteiger partial charge >= 0.3 is 0 Å². The van der Waals surface area contributed by atoms with Gasteiger partial charge in [-0.25, -0.2) is 0 Å². The molecule has 14 heavy (non-hydrogen) atoms. The van der Waals surface area contributed by atoms with Crippen molar-refractivity contribution in [1.82, 2.24) is 5.32 Å². The fourth-order valence-electron chi connectivity index (χ4n) is 3.38. The van der Waals surface area contributed by atoms with Crippen LogP contribution in [0.3, 0.4) is 0 Å². The number of nitrogens with one attached hydrogen (secondary N) is 1. The zero-order chi connectivity index (χ0) is 9.97. The van der Waals surface area contributed by atoms with Gasteiger partial charge < -0.3 is 5.32 Å². The van der Waals surface area contributed by atoms with Crippen LogP contribution in [0.1, 0.15) is 46.0 Å². The lowest BCUT2D eigenvalue weighted by Gasteiger charge is -2.34. The summed E-state index contributed by atoms with van der Waals surface area (Å²) in [5.74, 6) is 3.99. The molecule has 0 spiro atoms. The Morgan fingerprint density at radius 2 is 1.93 bits per heavy atom. The van der Waals surface area contributed by atoms with Gasteiger partial charge in [0.2, 0.25) is 0 Å². The molecule has 1 saturated heterocycles. The van der Waals surface area contributed by atoms with E-state index in [1.54, 1.807) is 0 Å². The summed E-state index contributed by atoms with van der Waals surface area (Å²) in [4.78, 5) is 0. The first-order chi connectivity index (χ1) is 6.77. The first kappa shape index (κ1) is 10.5. The Labute approximate surface area is 88.7 Å². The number of hydrogen-bond acceptors (Lipinski definition) is 1. The molecule has 0 aromatic carbocycles. The molecule has 0 aromatic heterocycles. The van der Waals surface area contributed by atoms with E-state index in [0.717, 1.165) is 23.7 Å². The highest BCUT2D eigenvalue weighted by atomic mass is 14.9. The molecule has 2 fully saturated rings. The van der Waals surface area contributed by atoms with Crippen LogP contribution in [-0.2, 0) is 0 Å². The van der Waals surface area contributed by atoms with Gasteiger partial charge in [0.05, 0.1) is 0 Å². The van der Waals surface area contributed by atoms with Crippen molar-refractivity contribution in [3.05, 3.63) is 0 Å². The average molecular weight is 195 g/mol.